The van der Waals surface area contributed by atoms with Crippen molar-refractivity contribution in [2.24, 2.45) is 5.73 Å². The number of amides is 2. The van der Waals surface area contributed by atoms with E-state index < -0.39 is 23.8 Å². The molecule has 138 valence electrons. The van der Waals surface area contributed by atoms with E-state index in [1.165, 1.54) is 0 Å². The van der Waals surface area contributed by atoms with Crippen LogP contribution in [0.1, 0.15) is 17.0 Å². The minimum Gasteiger partial charge on any atom is -0.382 e. The minimum absolute atomic E-state index is 0.163. The zero-order valence-corrected chi connectivity index (χ0v) is 14.8. The van der Waals surface area contributed by atoms with Gasteiger partial charge >= 0.3 is 0 Å². The molecular weight excluding hydrogens is 332 g/mol. The summed E-state index contributed by atoms with van der Waals surface area (Å²) in [6.07, 6.45) is 0. The molecule has 0 saturated heterocycles. The second kappa shape index (κ2) is 10.3. The molecule has 0 saturated carbocycles. The molecular formula is C20H24N2O4. The van der Waals surface area contributed by atoms with Gasteiger partial charge in [0.2, 0.25) is 11.8 Å². The maximum Gasteiger partial charge on any atom is 0.246 e. The lowest BCUT2D eigenvalue weighted by atomic mass is 9.84. The second-order valence-electron chi connectivity index (χ2n) is 5.79. The Morgan fingerprint density at radius 1 is 0.962 bits per heavy atom. The van der Waals surface area contributed by atoms with Gasteiger partial charge in [-0.25, -0.2) is 0 Å². The number of ether oxygens (including phenoxy) is 2. The molecule has 6 nitrogen and oxygen atoms in total. The number of rotatable bonds is 10. The van der Waals surface area contributed by atoms with E-state index in [1.54, 1.807) is 7.11 Å². The van der Waals surface area contributed by atoms with Crippen LogP contribution in [0.4, 0.5) is 0 Å². The van der Waals surface area contributed by atoms with E-state index in [4.69, 9.17) is 15.2 Å². The third kappa shape index (κ3) is 5.68. The highest BCUT2D eigenvalue weighted by molar-refractivity contribution is 5.88. The fourth-order valence-electron chi connectivity index (χ4n) is 2.74. The molecule has 0 aromatic heterocycles. The molecule has 0 fully saturated rings. The maximum atomic E-state index is 12.2. The highest BCUT2D eigenvalue weighted by Gasteiger charge is 2.30. The van der Waals surface area contributed by atoms with Gasteiger partial charge in [-0.05, 0) is 11.1 Å². The zero-order chi connectivity index (χ0) is 18.8. The molecule has 0 aliphatic rings. The Morgan fingerprint density at radius 3 is 1.96 bits per heavy atom. The van der Waals surface area contributed by atoms with Crippen molar-refractivity contribution in [3.05, 3.63) is 71.8 Å². The molecule has 0 aliphatic heterocycles. The third-order valence-electron chi connectivity index (χ3n) is 3.94. The van der Waals surface area contributed by atoms with Crippen LogP contribution in [0.25, 0.3) is 0 Å². The van der Waals surface area contributed by atoms with Gasteiger partial charge in [0.1, 0.15) is 12.6 Å². The first-order valence-electron chi connectivity index (χ1n) is 8.38. The molecule has 0 heterocycles. The van der Waals surface area contributed by atoms with Crippen LogP contribution in [-0.4, -0.2) is 44.8 Å². The van der Waals surface area contributed by atoms with Crippen LogP contribution in [0.3, 0.4) is 0 Å². The summed E-state index contributed by atoms with van der Waals surface area (Å²) in [4.78, 5) is 24.3. The van der Waals surface area contributed by atoms with Crippen LogP contribution in [0.15, 0.2) is 60.7 Å². The normalized spacial score (nSPS) is 11.9. The molecule has 3 N–H and O–H groups in total. The second-order valence-corrected chi connectivity index (χ2v) is 5.79. The van der Waals surface area contributed by atoms with E-state index in [0.29, 0.717) is 13.2 Å². The van der Waals surface area contributed by atoms with Crippen LogP contribution in [0, 0.1) is 0 Å². The summed E-state index contributed by atoms with van der Waals surface area (Å²) in [5.41, 5.74) is 7.41. The fraction of sp³-hybridized carbons (Fsp3) is 0.300. The molecule has 0 unspecified atom stereocenters. The van der Waals surface area contributed by atoms with Crippen molar-refractivity contribution in [3.63, 3.8) is 0 Å². The van der Waals surface area contributed by atoms with Gasteiger partial charge in [0.25, 0.3) is 0 Å². The van der Waals surface area contributed by atoms with Crippen LogP contribution >= 0.6 is 0 Å². The Bertz CT molecular complexity index is 652. The van der Waals surface area contributed by atoms with Gasteiger partial charge in [0.15, 0.2) is 0 Å². The first-order valence-corrected chi connectivity index (χ1v) is 8.38. The van der Waals surface area contributed by atoms with Gasteiger partial charge in [-0.2, -0.15) is 0 Å². The van der Waals surface area contributed by atoms with Gasteiger partial charge in [0.05, 0.1) is 13.2 Å². The Morgan fingerprint density at radius 2 is 1.50 bits per heavy atom. The summed E-state index contributed by atoms with van der Waals surface area (Å²) >= 11 is 0. The molecule has 0 aliphatic carbocycles. The van der Waals surface area contributed by atoms with Gasteiger partial charge in [0, 0.05) is 13.0 Å². The molecule has 6 heteroatoms. The zero-order valence-electron chi connectivity index (χ0n) is 14.8. The van der Waals surface area contributed by atoms with Crippen LogP contribution in [0.2, 0.25) is 0 Å². The maximum absolute atomic E-state index is 12.2. The Hall–Kier alpha value is -2.70. The average molecular weight is 356 g/mol. The number of carbonyl (C=O) groups is 2. The Labute approximate surface area is 153 Å². The minimum atomic E-state index is -0.890. The highest BCUT2D eigenvalue weighted by atomic mass is 16.5. The quantitative estimate of drug-likeness (QED) is 0.631. The summed E-state index contributed by atoms with van der Waals surface area (Å²) in [5.74, 6) is -1.40. The SMILES string of the molecule is COCCOCC(=O)N[C@@H](C(N)=O)C(c1ccccc1)c1ccccc1. The molecule has 2 aromatic carbocycles. The Balaban J connectivity index is 2.22. The van der Waals surface area contributed by atoms with Crippen LogP contribution < -0.4 is 11.1 Å². The lowest BCUT2D eigenvalue weighted by Crippen LogP contribution is -2.49. The van der Waals surface area contributed by atoms with E-state index in [2.05, 4.69) is 5.32 Å². The van der Waals surface area contributed by atoms with Crippen molar-refractivity contribution >= 4 is 11.8 Å². The van der Waals surface area contributed by atoms with Crippen molar-refractivity contribution < 1.29 is 19.1 Å². The third-order valence-corrected chi connectivity index (χ3v) is 3.94. The molecule has 0 radical (unpaired) electrons. The summed E-state index contributed by atoms with van der Waals surface area (Å²) in [7, 11) is 1.55. The number of primary amides is 1. The number of hydrogen-bond donors (Lipinski definition) is 2. The molecule has 1 atom stereocenters. The van der Waals surface area contributed by atoms with Gasteiger partial charge in [-0.3, -0.25) is 9.59 Å². The summed E-state index contributed by atoms with van der Waals surface area (Å²) in [5, 5.41) is 2.71. The first-order chi connectivity index (χ1) is 12.6. The lowest BCUT2D eigenvalue weighted by molar-refractivity contribution is -0.130. The monoisotopic (exact) mass is 356 g/mol. The van der Waals surface area contributed by atoms with E-state index in [1.807, 2.05) is 60.7 Å². The smallest absolute Gasteiger partial charge is 0.246 e. The standard InChI is InChI=1S/C20H24N2O4/c1-25-12-13-26-14-17(23)22-19(20(21)24)18(15-8-4-2-5-9-15)16-10-6-3-7-11-16/h2-11,18-19H,12-14H2,1H3,(H2,21,24)(H,22,23)/t19-/m1/s1. The number of methoxy groups -OCH3 is 1. The lowest BCUT2D eigenvalue weighted by Gasteiger charge is -2.26. The van der Waals surface area contributed by atoms with Gasteiger partial charge in [-0.15, -0.1) is 0 Å². The Kier molecular flexibility index (Phi) is 7.79. The number of nitrogens with two attached hydrogens (primary N) is 1. The van der Waals surface area contributed by atoms with Crippen LogP contribution in [-0.2, 0) is 19.1 Å². The highest BCUT2D eigenvalue weighted by Crippen LogP contribution is 2.28. The van der Waals surface area contributed by atoms with Crippen molar-refractivity contribution in [1.82, 2.24) is 5.32 Å². The number of benzene rings is 2. The van der Waals surface area contributed by atoms with Crippen molar-refractivity contribution in [2.75, 3.05) is 26.9 Å². The molecule has 2 aromatic rings. The van der Waals surface area contributed by atoms with Crippen molar-refractivity contribution in [1.29, 1.82) is 0 Å². The van der Waals surface area contributed by atoms with Crippen molar-refractivity contribution in [3.8, 4) is 0 Å². The molecule has 2 amide bonds. The molecule has 26 heavy (non-hydrogen) atoms. The van der Waals surface area contributed by atoms with Gasteiger partial charge < -0.3 is 20.5 Å². The van der Waals surface area contributed by atoms with E-state index >= 15 is 0 Å². The summed E-state index contributed by atoms with van der Waals surface area (Å²) in [6, 6.07) is 18.1. The fourth-order valence-corrected chi connectivity index (χ4v) is 2.74. The van der Waals surface area contributed by atoms with Crippen LogP contribution in [0.5, 0.6) is 0 Å². The number of hydrogen-bond acceptors (Lipinski definition) is 4. The largest absolute Gasteiger partial charge is 0.382 e. The average Bonchev–Trinajstić information content (AvgIpc) is 2.66. The van der Waals surface area contributed by atoms with E-state index in [0.717, 1.165) is 11.1 Å². The van der Waals surface area contributed by atoms with Crippen molar-refractivity contribution in [2.45, 2.75) is 12.0 Å². The molecule has 0 spiro atoms. The van der Waals surface area contributed by atoms with E-state index in [9.17, 15) is 9.59 Å². The summed E-state index contributed by atoms with van der Waals surface area (Å²) in [6.45, 7) is 0.526. The number of carbonyl (C=O) groups excluding carboxylic acids is 2. The summed E-state index contributed by atoms with van der Waals surface area (Å²) < 4.78 is 10.1. The molecule has 2 rings (SSSR count). The first kappa shape index (κ1) is 19.6. The predicted octanol–water partition coefficient (Wildman–Crippen LogP) is 1.45. The predicted molar refractivity (Wildman–Crippen MR) is 98.5 cm³/mol. The topological polar surface area (TPSA) is 90.7 Å². The van der Waals surface area contributed by atoms with E-state index in [-0.39, 0.29) is 6.61 Å². The number of nitrogens with one attached hydrogen (secondary N) is 1. The van der Waals surface area contributed by atoms with Gasteiger partial charge in [-0.1, -0.05) is 60.7 Å². The molecule has 0 bridgehead atoms.